The van der Waals surface area contributed by atoms with Crippen molar-refractivity contribution >= 4 is 40.2 Å². The molecule has 1 amide bonds. The molecular weight excluding hydrogens is 388 g/mol. The lowest BCUT2D eigenvalue weighted by Gasteiger charge is -2.17. The van der Waals surface area contributed by atoms with Crippen LogP contribution in [-0.4, -0.2) is 32.0 Å². The molecule has 0 aliphatic carbocycles. The van der Waals surface area contributed by atoms with Crippen LogP contribution in [0, 0.1) is 6.92 Å². The molecule has 0 spiro atoms. The number of ketones is 1. The third-order valence-corrected chi connectivity index (χ3v) is 5.66. The average Bonchev–Trinajstić information content (AvgIpc) is 3.06. The fourth-order valence-electron chi connectivity index (χ4n) is 3.01. The van der Waals surface area contributed by atoms with E-state index in [0.29, 0.717) is 27.4 Å². The van der Waals surface area contributed by atoms with E-state index in [1.165, 1.54) is 18.7 Å². The number of anilines is 1. The minimum atomic E-state index is -0.231. The lowest BCUT2D eigenvalue weighted by molar-refractivity contribution is -0.113. The smallest absolute Gasteiger partial charge is 0.278 e. The lowest BCUT2D eigenvalue weighted by Crippen LogP contribution is -2.26. The number of nitrogens with zero attached hydrogens (tertiary/aromatic N) is 2. The summed E-state index contributed by atoms with van der Waals surface area (Å²) in [5.41, 5.74) is 2.92. The molecule has 7 nitrogen and oxygen atoms in total. The molecule has 1 aromatic carbocycles. The Morgan fingerprint density at radius 3 is 2.76 bits per heavy atom. The summed E-state index contributed by atoms with van der Waals surface area (Å²) in [6, 6.07) is 8.60. The molecule has 0 saturated heterocycles. The van der Waals surface area contributed by atoms with Crippen LogP contribution in [0.15, 0.2) is 40.3 Å². The van der Waals surface area contributed by atoms with E-state index in [1.807, 2.05) is 26.8 Å². The van der Waals surface area contributed by atoms with Gasteiger partial charge in [0, 0.05) is 23.0 Å². The van der Waals surface area contributed by atoms with Gasteiger partial charge in [0.2, 0.25) is 5.91 Å². The van der Waals surface area contributed by atoms with Crippen LogP contribution in [0.3, 0.4) is 0 Å². The fraction of sp³-hybridized carbons (Fsp3) is 0.333. The number of Topliss-reactive ketones (excluding diaryl/α,β-unsaturated/α-hetero) is 1. The maximum absolute atomic E-state index is 12.9. The first kappa shape index (κ1) is 20.9. The summed E-state index contributed by atoms with van der Waals surface area (Å²) in [4.78, 5) is 44.6. The number of H-pyrrole nitrogens is 1. The van der Waals surface area contributed by atoms with E-state index in [-0.39, 0.29) is 29.0 Å². The normalized spacial score (nSPS) is 12.1. The summed E-state index contributed by atoms with van der Waals surface area (Å²) in [5, 5.41) is 3.31. The largest absolute Gasteiger partial charge is 0.353 e. The monoisotopic (exact) mass is 412 g/mol. The van der Waals surface area contributed by atoms with Gasteiger partial charge in [0.1, 0.15) is 5.52 Å². The molecule has 2 N–H and O–H groups in total. The number of carbonyl (C=O) groups excluding carboxylic acids is 2. The summed E-state index contributed by atoms with van der Waals surface area (Å²) in [6.07, 6.45) is 0.768. The molecule has 0 radical (unpaired) electrons. The number of thioether (sulfide) groups is 1. The highest BCUT2D eigenvalue weighted by molar-refractivity contribution is 7.99. The molecule has 1 unspecified atom stereocenters. The number of benzene rings is 1. The predicted molar refractivity (Wildman–Crippen MR) is 116 cm³/mol. The molecule has 0 fully saturated rings. The SMILES string of the molecule is CCC(C)n1c(SCC(=O)Nc2cccc(C(C)=O)c2)nc2cc(C)[nH]c2c1=O. The van der Waals surface area contributed by atoms with E-state index in [9.17, 15) is 14.4 Å². The van der Waals surface area contributed by atoms with E-state index in [0.717, 1.165) is 12.1 Å². The number of hydrogen-bond donors (Lipinski definition) is 2. The van der Waals surface area contributed by atoms with Gasteiger partial charge < -0.3 is 10.3 Å². The summed E-state index contributed by atoms with van der Waals surface area (Å²) in [7, 11) is 0. The Morgan fingerprint density at radius 2 is 2.07 bits per heavy atom. The topological polar surface area (TPSA) is 96.8 Å². The van der Waals surface area contributed by atoms with Gasteiger partial charge in [-0.15, -0.1) is 0 Å². The zero-order valence-corrected chi connectivity index (χ0v) is 17.7. The summed E-state index contributed by atoms with van der Waals surface area (Å²) in [5.74, 6) is -0.194. The van der Waals surface area contributed by atoms with Gasteiger partial charge >= 0.3 is 0 Å². The van der Waals surface area contributed by atoms with Crippen LogP contribution in [0.25, 0.3) is 11.0 Å². The van der Waals surface area contributed by atoms with Crippen LogP contribution in [0.4, 0.5) is 5.69 Å². The number of carbonyl (C=O) groups is 2. The number of amides is 1. The average molecular weight is 413 g/mol. The number of nitrogens with one attached hydrogen (secondary N) is 2. The Kier molecular flexibility index (Phi) is 6.22. The van der Waals surface area contributed by atoms with Crippen molar-refractivity contribution in [3.8, 4) is 0 Å². The van der Waals surface area contributed by atoms with E-state index >= 15 is 0 Å². The molecule has 0 aliphatic heterocycles. The molecule has 2 heterocycles. The number of fused-ring (bicyclic) bond motifs is 1. The van der Waals surface area contributed by atoms with E-state index in [2.05, 4.69) is 15.3 Å². The van der Waals surface area contributed by atoms with Gasteiger partial charge in [-0.05, 0) is 45.4 Å². The van der Waals surface area contributed by atoms with E-state index < -0.39 is 0 Å². The van der Waals surface area contributed by atoms with Gasteiger partial charge in [0.05, 0.1) is 11.3 Å². The first-order valence-corrected chi connectivity index (χ1v) is 10.4. The Labute approximate surface area is 172 Å². The molecule has 1 atom stereocenters. The molecule has 3 rings (SSSR count). The van der Waals surface area contributed by atoms with Crippen LogP contribution in [0.2, 0.25) is 0 Å². The van der Waals surface area contributed by atoms with Crippen molar-refractivity contribution in [2.45, 2.75) is 45.3 Å². The number of aromatic nitrogens is 3. The number of rotatable bonds is 7. The van der Waals surface area contributed by atoms with E-state index in [4.69, 9.17) is 0 Å². The Balaban J connectivity index is 1.82. The summed E-state index contributed by atoms with van der Waals surface area (Å²) >= 11 is 1.23. The van der Waals surface area contributed by atoms with Crippen molar-refractivity contribution in [2.75, 3.05) is 11.1 Å². The Morgan fingerprint density at radius 1 is 1.31 bits per heavy atom. The minimum Gasteiger partial charge on any atom is -0.353 e. The van der Waals surface area contributed by atoms with Crippen molar-refractivity contribution in [3.63, 3.8) is 0 Å². The number of aryl methyl sites for hydroxylation is 1. The second-order valence-electron chi connectivity index (χ2n) is 7.01. The van der Waals surface area contributed by atoms with Gasteiger partial charge in [-0.3, -0.25) is 19.0 Å². The quantitative estimate of drug-likeness (QED) is 0.348. The van der Waals surface area contributed by atoms with Crippen LogP contribution < -0.4 is 10.9 Å². The second kappa shape index (κ2) is 8.65. The third kappa shape index (κ3) is 4.59. The standard InChI is InChI=1S/C21H24N4O3S/c1-5-13(3)25-20(28)19-17(9-12(2)22-19)24-21(25)29-11-18(27)23-16-8-6-7-15(10-16)14(4)26/h6-10,13,22H,5,11H2,1-4H3,(H,23,27). The van der Waals surface area contributed by atoms with Crippen molar-refractivity contribution < 1.29 is 9.59 Å². The maximum atomic E-state index is 12.9. The molecule has 0 aliphatic rings. The van der Waals surface area contributed by atoms with Gasteiger partial charge in [-0.1, -0.05) is 30.8 Å². The number of hydrogen-bond acceptors (Lipinski definition) is 5. The van der Waals surface area contributed by atoms with Crippen molar-refractivity contribution in [1.82, 2.24) is 14.5 Å². The maximum Gasteiger partial charge on any atom is 0.278 e. The molecule has 0 bridgehead atoms. The molecule has 29 heavy (non-hydrogen) atoms. The second-order valence-corrected chi connectivity index (χ2v) is 7.96. The highest BCUT2D eigenvalue weighted by Gasteiger charge is 2.18. The molecule has 0 saturated carbocycles. The van der Waals surface area contributed by atoms with Crippen LogP contribution in [0.1, 0.15) is 49.3 Å². The molecule has 152 valence electrons. The van der Waals surface area contributed by atoms with Crippen LogP contribution in [-0.2, 0) is 4.79 Å². The van der Waals surface area contributed by atoms with Crippen molar-refractivity contribution in [3.05, 3.63) is 51.9 Å². The summed E-state index contributed by atoms with van der Waals surface area (Å²) in [6.45, 7) is 7.33. The molecule has 3 aromatic rings. The third-order valence-electron chi connectivity index (χ3n) is 4.70. The van der Waals surface area contributed by atoms with Gasteiger partial charge in [-0.25, -0.2) is 4.98 Å². The van der Waals surface area contributed by atoms with Crippen molar-refractivity contribution in [2.24, 2.45) is 0 Å². The first-order chi connectivity index (χ1) is 13.8. The minimum absolute atomic E-state index is 0.0409. The molecule has 2 aromatic heterocycles. The summed E-state index contributed by atoms with van der Waals surface area (Å²) < 4.78 is 1.65. The highest BCUT2D eigenvalue weighted by atomic mass is 32.2. The fourth-order valence-corrected chi connectivity index (χ4v) is 3.90. The Bertz CT molecular complexity index is 1130. The van der Waals surface area contributed by atoms with Crippen LogP contribution >= 0.6 is 11.8 Å². The van der Waals surface area contributed by atoms with Gasteiger partial charge in [-0.2, -0.15) is 0 Å². The van der Waals surface area contributed by atoms with Crippen molar-refractivity contribution in [1.29, 1.82) is 0 Å². The first-order valence-electron chi connectivity index (χ1n) is 9.45. The zero-order valence-electron chi connectivity index (χ0n) is 16.9. The number of aromatic amines is 1. The van der Waals surface area contributed by atoms with Gasteiger partial charge in [0.15, 0.2) is 10.9 Å². The molecule has 8 heteroatoms. The van der Waals surface area contributed by atoms with E-state index in [1.54, 1.807) is 28.8 Å². The zero-order chi connectivity index (χ0) is 21.1. The predicted octanol–water partition coefficient (Wildman–Crippen LogP) is 3.94. The Hall–Kier alpha value is -2.87. The van der Waals surface area contributed by atoms with Gasteiger partial charge in [0.25, 0.3) is 5.56 Å². The highest BCUT2D eigenvalue weighted by Crippen LogP contribution is 2.23. The molecular formula is C21H24N4O3S. The lowest BCUT2D eigenvalue weighted by atomic mass is 10.1. The van der Waals surface area contributed by atoms with Crippen LogP contribution in [0.5, 0.6) is 0 Å².